The van der Waals surface area contributed by atoms with Gasteiger partial charge in [0.2, 0.25) is 0 Å². The molecule has 14 heavy (non-hydrogen) atoms. The molecule has 2 heteroatoms. The molecule has 0 spiro atoms. The Kier molecular flexibility index (Phi) is 6.63. The highest BCUT2D eigenvalue weighted by molar-refractivity contribution is 5.61. The number of hydrogen-bond donors (Lipinski definition) is 1. The van der Waals surface area contributed by atoms with E-state index in [0.29, 0.717) is 0 Å². The number of methoxy groups -OCH3 is 1. The Labute approximate surface area is 87.3 Å². The summed E-state index contributed by atoms with van der Waals surface area (Å²) in [5.74, 6) is 0.914. The number of aryl methyl sites for hydroxylation is 1. The van der Waals surface area contributed by atoms with E-state index in [9.17, 15) is 0 Å². The van der Waals surface area contributed by atoms with Crippen molar-refractivity contribution in [3.8, 4) is 5.75 Å². The zero-order chi connectivity index (χ0) is 11.0. The lowest BCUT2D eigenvalue weighted by molar-refractivity contribution is 0.416. The summed E-state index contributed by atoms with van der Waals surface area (Å²) in [6.07, 6.45) is 0. The minimum absolute atomic E-state index is 0.914. The highest BCUT2D eigenvalue weighted by atomic mass is 16.5. The minimum atomic E-state index is 0.914. The van der Waals surface area contributed by atoms with Gasteiger partial charge in [0, 0.05) is 6.54 Å². The molecule has 0 fully saturated rings. The van der Waals surface area contributed by atoms with Crippen LogP contribution in [0, 0.1) is 6.92 Å². The molecule has 0 saturated carbocycles. The highest BCUT2D eigenvalue weighted by Crippen LogP contribution is 2.26. The van der Waals surface area contributed by atoms with E-state index in [2.05, 4.69) is 25.2 Å². The summed E-state index contributed by atoms with van der Waals surface area (Å²) in [6, 6.07) is 6.03. The Balaban J connectivity index is 0.000000791. The average Bonchev–Trinajstić information content (AvgIpc) is 2.24. The molecule has 2 nitrogen and oxygen atoms in total. The van der Waals surface area contributed by atoms with Gasteiger partial charge in [-0.3, -0.25) is 0 Å². The summed E-state index contributed by atoms with van der Waals surface area (Å²) in [5, 5.41) is 3.27. The van der Waals surface area contributed by atoms with Crippen LogP contribution >= 0.6 is 0 Å². The fourth-order valence-electron chi connectivity index (χ4n) is 1.21. The fraction of sp³-hybridized carbons (Fsp3) is 0.500. The standard InChI is InChI=1S/C10H15NO.C2H6/c1-4-11-10-8(2)6-5-7-9(10)12-3;1-2/h5-7,11H,4H2,1-3H3;1-2H3. The first-order valence-corrected chi connectivity index (χ1v) is 5.17. The second-order valence-electron chi connectivity index (χ2n) is 2.68. The number of nitrogens with one attached hydrogen (secondary N) is 1. The highest BCUT2D eigenvalue weighted by Gasteiger charge is 2.02. The molecular weight excluding hydrogens is 174 g/mol. The van der Waals surface area contributed by atoms with E-state index in [0.717, 1.165) is 18.0 Å². The molecule has 0 aliphatic carbocycles. The van der Waals surface area contributed by atoms with Gasteiger partial charge >= 0.3 is 0 Å². The smallest absolute Gasteiger partial charge is 0.142 e. The van der Waals surface area contributed by atoms with Crippen molar-refractivity contribution < 1.29 is 4.74 Å². The van der Waals surface area contributed by atoms with Gasteiger partial charge in [0.05, 0.1) is 12.8 Å². The SMILES string of the molecule is CC.CCNc1c(C)cccc1OC. The van der Waals surface area contributed by atoms with Crippen molar-refractivity contribution in [2.24, 2.45) is 0 Å². The molecule has 0 atom stereocenters. The zero-order valence-corrected chi connectivity index (χ0v) is 9.85. The maximum absolute atomic E-state index is 5.22. The Morgan fingerprint density at radius 1 is 1.29 bits per heavy atom. The van der Waals surface area contributed by atoms with E-state index in [1.54, 1.807) is 7.11 Å². The van der Waals surface area contributed by atoms with Crippen molar-refractivity contribution in [1.82, 2.24) is 0 Å². The van der Waals surface area contributed by atoms with Crippen LogP contribution in [0.25, 0.3) is 0 Å². The molecule has 0 heterocycles. The summed E-state index contributed by atoms with van der Waals surface area (Å²) < 4.78 is 5.22. The topological polar surface area (TPSA) is 21.3 Å². The maximum atomic E-state index is 5.22. The van der Waals surface area contributed by atoms with Crippen LogP contribution in [-0.4, -0.2) is 13.7 Å². The molecule has 0 radical (unpaired) electrons. The molecule has 0 unspecified atom stereocenters. The van der Waals surface area contributed by atoms with Crippen LogP contribution in [-0.2, 0) is 0 Å². The molecule has 0 aliphatic heterocycles. The van der Waals surface area contributed by atoms with E-state index in [4.69, 9.17) is 4.74 Å². The fourth-order valence-corrected chi connectivity index (χ4v) is 1.21. The van der Waals surface area contributed by atoms with E-state index < -0.39 is 0 Å². The second kappa shape index (κ2) is 7.25. The van der Waals surface area contributed by atoms with Crippen molar-refractivity contribution in [2.75, 3.05) is 19.0 Å². The number of hydrogen-bond acceptors (Lipinski definition) is 2. The normalized spacial score (nSPS) is 8.64. The first-order valence-electron chi connectivity index (χ1n) is 5.17. The molecule has 1 N–H and O–H groups in total. The molecule has 0 aromatic heterocycles. The van der Waals surface area contributed by atoms with Gasteiger partial charge in [-0.05, 0) is 25.5 Å². The predicted octanol–water partition coefficient (Wildman–Crippen LogP) is 3.46. The summed E-state index contributed by atoms with van der Waals surface area (Å²) in [4.78, 5) is 0. The van der Waals surface area contributed by atoms with Crippen LogP contribution in [0.4, 0.5) is 5.69 Å². The molecule has 0 saturated heterocycles. The van der Waals surface area contributed by atoms with Crippen LogP contribution < -0.4 is 10.1 Å². The Morgan fingerprint density at radius 3 is 2.43 bits per heavy atom. The molecule has 80 valence electrons. The van der Waals surface area contributed by atoms with Crippen molar-refractivity contribution in [2.45, 2.75) is 27.7 Å². The lowest BCUT2D eigenvalue weighted by Gasteiger charge is -2.11. The summed E-state index contributed by atoms with van der Waals surface area (Å²) in [6.45, 7) is 9.06. The maximum Gasteiger partial charge on any atom is 0.142 e. The third kappa shape index (κ3) is 3.29. The average molecular weight is 195 g/mol. The van der Waals surface area contributed by atoms with E-state index in [1.165, 1.54) is 5.56 Å². The molecule has 0 aliphatic rings. The molecule has 0 bridgehead atoms. The van der Waals surface area contributed by atoms with Gasteiger partial charge < -0.3 is 10.1 Å². The molecule has 0 amide bonds. The van der Waals surface area contributed by atoms with Crippen LogP contribution in [0.5, 0.6) is 5.75 Å². The van der Waals surface area contributed by atoms with Crippen LogP contribution in [0.2, 0.25) is 0 Å². The first kappa shape index (κ1) is 12.8. The second-order valence-corrected chi connectivity index (χ2v) is 2.68. The van der Waals surface area contributed by atoms with Crippen LogP contribution in [0.1, 0.15) is 26.3 Å². The number of rotatable bonds is 3. The van der Waals surface area contributed by atoms with Gasteiger partial charge in [-0.1, -0.05) is 26.0 Å². The van der Waals surface area contributed by atoms with Gasteiger partial charge in [-0.2, -0.15) is 0 Å². The molecule has 1 rings (SSSR count). The number of anilines is 1. The van der Waals surface area contributed by atoms with Crippen molar-refractivity contribution >= 4 is 5.69 Å². The van der Waals surface area contributed by atoms with Gasteiger partial charge in [-0.15, -0.1) is 0 Å². The van der Waals surface area contributed by atoms with Gasteiger partial charge in [0.15, 0.2) is 0 Å². The van der Waals surface area contributed by atoms with E-state index in [1.807, 2.05) is 26.0 Å². The predicted molar refractivity (Wildman–Crippen MR) is 63.2 cm³/mol. The quantitative estimate of drug-likeness (QED) is 0.797. The largest absolute Gasteiger partial charge is 0.495 e. The third-order valence-corrected chi connectivity index (χ3v) is 1.81. The van der Waals surface area contributed by atoms with Gasteiger partial charge in [0.25, 0.3) is 0 Å². The van der Waals surface area contributed by atoms with Gasteiger partial charge in [0.1, 0.15) is 5.75 Å². The third-order valence-electron chi connectivity index (χ3n) is 1.81. The zero-order valence-electron chi connectivity index (χ0n) is 9.85. The van der Waals surface area contributed by atoms with E-state index in [-0.39, 0.29) is 0 Å². The lowest BCUT2D eigenvalue weighted by atomic mass is 10.2. The van der Waals surface area contributed by atoms with Crippen LogP contribution in [0.15, 0.2) is 18.2 Å². The molecule has 1 aromatic rings. The van der Waals surface area contributed by atoms with Crippen molar-refractivity contribution in [3.05, 3.63) is 23.8 Å². The monoisotopic (exact) mass is 195 g/mol. The Hall–Kier alpha value is -1.18. The number of ether oxygens (including phenoxy) is 1. The van der Waals surface area contributed by atoms with Crippen LogP contribution in [0.3, 0.4) is 0 Å². The Bertz CT molecular complexity index is 258. The van der Waals surface area contributed by atoms with E-state index >= 15 is 0 Å². The number of benzene rings is 1. The first-order chi connectivity index (χ1) is 6.79. The molecule has 1 aromatic carbocycles. The number of para-hydroxylation sites is 1. The van der Waals surface area contributed by atoms with Crippen molar-refractivity contribution in [3.63, 3.8) is 0 Å². The lowest BCUT2D eigenvalue weighted by Crippen LogP contribution is -2.01. The Morgan fingerprint density at radius 2 is 1.93 bits per heavy atom. The summed E-state index contributed by atoms with van der Waals surface area (Å²) in [7, 11) is 1.69. The summed E-state index contributed by atoms with van der Waals surface area (Å²) in [5.41, 5.74) is 2.32. The summed E-state index contributed by atoms with van der Waals surface area (Å²) >= 11 is 0. The molecular formula is C12H21NO. The minimum Gasteiger partial charge on any atom is -0.495 e. The van der Waals surface area contributed by atoms with Crippen molar-refractivity contribution in [1.29, 1.82) is 0 Å². The van der Waals surface area contributed by atoms with Gasteiger partial charge in [-0.25, -0.2) is 0 Å².